The highest BCUT2D eigenvalue weighted by atomic mass is 35.5. The molecule has 4 fully saturated rings. The Labute approximate surface area is 228 Å². The smallest absolute Gasteiger partial charge is 0.317 e. The summed E-state index contributed by atoms with van der Waals surface area (Å²) >= 11 is 3.47. The Balaban J connectivity index is 0.00000267. The topological polar surface area (TPSA) is 39.2 Å². The minimum atomic E-state index is -0.430. The molecule has 1 aliphatic carbocycles. The first-order valence-corrected chi connectivity index (χ1v) is 15.0. The molecule has 4 nitrogen and oxygen atoms in total. The van der Waals surface area contributed by atoms with E-state index < -0.39 is 5.41 Å². The lowest BCUT2D eigenvalue weighted by Crippen LogP contribution is -2.64. The third-order valence-corrected chi connectivity index (χ3v) is 10.7. The van der Waals surface area contributed by atoms with Gasteiger partial charge in [-0.05, 0) is 24.3 Å². The van der Waals surface area contributed by atoms with Crippen molar-refractivity contribution in [2.45, 2.75) is 69.4 Å². The van der Waals surface area contributed by atoms with Crippen molar-refractivity contribution < 1.29 is 14.0 Å². The fourth-order valence-corrected chi connectivity index (χ4v) is 8.49. The zero-order valence-corrected chi connectivity index (χ0v) is 23.2. The Kier molecular flexibility index (Phi) is 7.87. The molecule has 1 saturated carbocycles. The van der Waals surface area contributed by atoms with E-state index in [0.29, 0.717) is 5.92 Å². The van der Waals surface area contributed by atoms with E-state index in [4.69, 9.17) is 9.72 Å². The summed E-state index contributed by atoms with van der Waals surface area (Å²) in [5.74, 6) is 0.569. The van der Waals surface area contributed by atoms with Crippen LogP contribution < -0.4 is 0 Å². The maximum absolute atomic E-state index is 13.9. The second-order valence-electron chi connectivity index (χ2n) is 10.9. The number of thiophene rings is 1. The van der Waals surface area contributed by atoms with Gasteiger partial charge in [0, 0.05) is 34.6 Å². The SMILES string of the molecule is Cl.O=C(O[C@H]1C[N+]2(Cc3csc(-c4ccccc4)n3)CCC1CC2)C1(c2cccs2)CCCCCC1. The van der Waals surface area contributed by atoms with Crippen molar-refractivity contribution in [2.75, 3.05) is 19.6 Å². The average Bonchev–Trinajstić information content (AvgIpc) is 3.53. The van der Waals surface area contributed by atoms with Crippen LogP contribution in [0.5, 0.6) is 0 Å². The van der Waals surface area contributed by atoms with Crippen molar-refractivity contribution in [2.24, 2.45) is 5.92 Å². The van der Waals surface area contributed by atoms with Gasteiger partial charge in [-0.25, -0.2) is 4.98 Å². The second-order valence-corrected chi connectivity index (χ2v) is 12.7. The summed E-state index contributed by atoms with van der Waals surface area (Å²) < 4.78 is 7.53. The fourth-order valence-electron chi connectivity index (χ4n) is 6.70. The molecule has 0 amide bonds. The third-order valence-electron chi connectivity index (χ3n) is 8.71. The van der Waals surface area contributed by atoms with E-state index >= 15 is 0 Å². The first-order chi connectivity index (χ1) is 17.2. The number of carbonyl (C=O) groups excluding carboxylic acids is 1. The quantitative estimate of drug-likeness (QED) is 0.187. The molecule has 1 atom stereocenters. The number of nitrogens with zero attached hydrogens (tertiary/aromatic N) is 2. The van der Waals surface area contributed by atoms with E-state index in [1.54, 1.807) is 22.7 Å². The van der Waals surface area contributed by atoms with Crippen molar-refractivity contribution in [3.63, 3.8) is 0 Å². The molecule has 0 N–H and O–H groups in total. The van der Waals surface area contributed by atoms with Gasteiger partial charge in [0.2, 0.25) is 0 Å². The number of halogens is 1. The van der Waals surface area contributed by atoms with Gasteiger partial charge in [-0.2, -0.15) is 0 Å². The maximum atomic E-state index is 13.9. The summed E-state index contributed by atoms with van der Waals surface area (Å²) in [4.78, 5) is 20.1. The minimum absolute atomic E-state index is 0. The highest BCUT2D eigenvalue weighted by Crippen LogP contribution is 2.44. The number of esters is 1. The standard InChI is InChI=1S/C29H35N2O2S2.ClH/c32-28(29(26-11-8-18-34-26)14-6-1-2-7-15-29)33-25-20-31(16-12-22(25)13-17-31)19-24-21-35-27(30-24)23-9-4-3-5-10-23;/h3-5,8-11,18,21-22,25H,1-2,6-7,12-17,19-20H2;1H/q+1;/t22?,25-,31?;/m0./s1. The molecule has 4 aliphatic rings. The molecule has 1 aromatic carbocycles. The maximum Gasteiger partial charge on any atom is 0.317 e. The Morgan fingerprint density at radius 2 is 1.75 bits per heavy atom. The second kappa shape index (κ2) is 10.9. The number of thiazole rings is 1. The van der Waals surface area contributed by atoms with Crippen molar-refractivity contribution in [1.29, 1.82) is 0 Å². The number of quaternary nitrogens is 1. The van der Waals surface area contributed by atoms with E-state index in [1.807, 2.05) is 6.07 Å². The van der Waals surface area contributed by atoms with E-state index in [1.165, 1.54) is 42.1 Å². The Bertz CT molecular complexity index is 1130. The van der Waals surface area contributed by atoms with Gasteiger partial charge in [-0.1, -0.05) is 62.1 Å². The van der Waals surface area contributed by atoms with Crippen LogP contribution in [-0.4, -0.2) is 41.2 Å². The molecule has 3 aromatic rings. The van der Waals surface area contributed by atoms with Gasteiger partial charge in [0.15, 0.2) is 6.10 Å². The summed E-state index contributed by atoms with van der Waals surface area (Å²) in [6, 6.07) is 14.7. The average molecular weight is 544 g/mol. The molecule has 36 heavy (non-hydrogen) atoms. The molecule has 2 bridgehead atoms. The van der Waals surface area contributed by atoms with Crippen LogP contribution in [0.1, 0.15) is 61.9 Å². The molecular formula is C29H36ClN2O2S2+. The number of benzene rings is 1. The van der Waals surface area contributed by atoms with Crippen molar-refractivity contribution in [3.8, 4) is 10.6 Å². The number of carbonyl (C=O) groups is 1. The molecule has 3 saturated heterocycles. The van der Waals surface area contributed by atoms with Gasteiger partial charge in [-0.3, -0.25) is 4.79 Å². The third kappa shape index (κ3) is 5.02. The van der Waals surface area contributed by atoms with Gasteiger partial charge in [0.25, 0.3) is 0 Å². The van der Waals surface area contributed by atoms with E-state index in [0.717, 1.165) is 61.1 Å². The van der Waals surface area contributed by atoms with E-state index in [-0.39, 0.29) is 24.5 Å². The van der Waals surface area contributed by atoms with Gasteiger partial charge in [0.1, 0.15) is 29.2 Å². The molecule has 0 spiro atoms. The summed E-state index contributed by atoms with van der Waals surface area (Å²) in [6.07, 6.45) is 8.91. The van der Waals surface area contributed by atoms with Gasteiger partial charge in [-0.15, -0.1) is 35.1 Å². The summed E-state index contributed by atoms with van der Waals surface area (Å²) in [7, 11) is 0. The predicted octanol–water partition coefficient (Wildman–Crippen LogP) is 7.24. The molecule has 7 heteroatoms. The van der Waals surface area contributed by atoms with Crippen LogP contribution in [0.4, 0.5) is 0 Å². The molecule has 7 rings (SSSR count). The normalized spacial score (nSPS) is 27.1. The lowest BCUT2D eigenvalue weighted by Gasteiger charge is -2.52. The zero-order valence-electron chi connectivity index (χ0n) is 20.8. The summed E-state index contributed by atoms with van der Waals surface area (Å²) in [5, 5.41) is 5.44. The fraction of sp³-hybridized carbons (Fsp3) is 0.517. The monoisotopic (exact) mass is 543 g/mol. The van der Waals surface area contributed by atoms with Crippen LogP contribution in [0.15, 0.2) is 53.2 Å². The number of fused-ring (bicyclic) bond motifs is 3. The first kappa shape index (κ1) is 25.9. The highest BCUT2D eigenvalue weighted by molar-refractivity contribution is 7.13. The highest BCUT2D eigenvalue weighted by Gasteiger charge is 2.50. The van der Waals surface area contributed by atoms with Crippen molar-refractivity contribution >= 4 is 41.0 Å². The summed E-state index contributed by atoms with van der Waals surface area (Å²) in [6.45, 7) is 4.23. The number of piperidine rings is 3. The van der Waals surface area contributed by atoms with Gasteiger partial charge in [0.05, 0.1) is 13.1 Å². The van der Waals surface area contributed by atoms with Gasteiger partial charge >= 0.3 is 5.97 Å². The van der Waals surface area contributed by atoms with Crippen LogP contribution in [0.2, 0.25) is 0 Å². The Morgan fingerprint density at radius 1 is 1.00 bits per heavy atom. The number of ether oxygens (including phenoxy) is 1. The Morgan fingerprint density at radius 3 is 2.44 bits per heavy atom. The lowest BCUT2D eigenvalue weighted by molar-refractivity contribution is -0.958. The molecule has 3 aliphatic heterocycles. The van der Waals surface area contributed by atoms with Crippen LogP contribution >= 0.6 is 35.1 Å². The molecule has 2 aromatic heterocycles. The number of hydrogen-bond acceptors (Lipinski definition) is 5. The van der Waals surface area contributed by atoms with Crippen LogP contribution in [0.25, 0.3) is 10.6 Å². The molecule has 0 unspecified atom stereocenters. The first-order valence-electron chi connectivity index (χ1n) is 13.3. The lowest BCUT2D eigenvalue weighted by atomic mass is 9.78. The number of rotatable bonds is 6. The molecule has 0 radical (unpaired) electrons. The largest absolute Gasteiger partial charge is 0.455 e. The van der Waals surface area contributed by atoms with E-state index in [9.17, 15) is 4.79 Å². The van der Waals surface area contributed by atoms with Crippen molar-refractivity contribution in [3.05, 3.63) is 63.8 Å². The molecule has 192 valence electrons. The van der Waals surface area contributed by atoms with Gasteiger partial charge < -0.3 is 9.22 Å². The molecule has 5 heterocycles. The Hall–Kier alpha value is -1.73. The van der Waals surface area contributed by atoms with Crippen molar-refractivity contribution in [1.82, 2.24) is 4.98 Å². The summed E-state index contributed by atoms with van der Waals surface area (Å²) in [5.41, 5.74) is 1.94. The van der Waals surface area contributed by atoms with Crippen LogP contribution in [0.3, 0.4) is 0 Å². The number of hydrogen-bond donors (Lipinski definition) is 0. The minimum Gasteiger partial charge on any atom is -0.455 e. The van der Waals surface area contributed by atoms with Crippen LogP contribution in [0, 0.1) is 5.92 Å². The van der Waals surface area contributed by atoms with Crippen LogP contribution in [-0.2, 0) is 21.5 Å². The molecular weight excluding hydrogens is 508 g/mol. The van der Waals surface area contributed by atoms with E-state index in [2.05, 4.69) is 47.2 Å². The predicted molar refractivity (Wildman–Crippen MR) is 150 cm³/mol. The zero-order chi connectivity index (χ0) is 23.7. The number of aromatic nitrogens is 1.